The molecular weight excluding hydrogens is 316 g/mol. The predicted molar refractivity (Wildman–Crippen MR) is 81.1 cm³/mol. The van der Waals surface area contributed by atoms with Crippen LogP contribution in [0.4, 0.5) is 0 Å². The Morgan fingerprint density at radius 1 is 1.29 bits per heavy atom. The lowest BCUT2D eigenvalue weighted by Crippen LogP contribution is -2.32. The van der Waals surface area contributed by atoms with Gasteiger partial charge in [-0.3, -0.25) is 0 Å². The van der Waals surface area contributed by atoms with Crippen LogP contribution in [0.25, 0.3) is 0 Å². The van der Waals surface area contributed by atoms with Gasteiger partial charge in [-0.15, -0.1) is 0 Å². The minimum Gasteiger partial charge on any atom is -0.465 e. The highest BCUT2D eigenvalue weighted by Crippen LogP contribution is 2.22. The van der Waals surface area contributed by atoms with E-state index in [-0.39, 0.29) is 22.0 Å². The van der Waals surface area contributed by atoms with E-state index < -0.39 is 16.0 Å². The molecule has 2 N–H and O–H groups in total. The molecule has 21 heavy (non-hydrogen) atoms. The molecule has 0 saturated carbocycles. The number of rotatable bonds is 8. The van der Waals surface area contributed by atoms with Gasteiger partial charge in [-0.1, -0.05) is 18.5 Å². The number of benzene rings is 1. The van der Waals surface area contributed by atoms with Crippen molar-refractivity contribution in [2.75, 3.05) is 26.7 Å². The highest BCUT2D eigenvalue weighted by atomic mass is 35.5. The van der Waals surface area contributed by atoms with Crippen molar-refractivity contribution in [3.05, 3.63) is 28.8 Å². The molecule has 0 aliphatic rings. The van der Waals surface area contributed by atoms with Crippen molar-refractivity contribution in [3.8, 4) is 0 Å². The lowest BCUT2D eigenvalue weighted by atomic mass is 10.2. The summed E-state index contributed by atoms with van der Waals surface area (Å²) in [5.41, 5.74) is 0.131. The first-order chi connectivity index (χ1) is 9.92. The topological polar surface area (TPSA) is 84.5 Å². The Labute approximate surface area is 129 Å². The number of carbonyl (C=O) groups is 1. The second kappa shape index (κ2) is 8.33. The fourth-order valence-corrected chi connectivity index (χ4v) is 3.16. The molecule has 0 amide bonds. The van der Waals surface area contributed by atoms with Gasteiger partial charge < -0.3 is 10.1 Å². The summed E-state index contributed by atoms with van der Waals surface area (Å²) in [6.45, 7) is 3.60. The lowest BCUT2D eigenvalue weighted by molar-refractivity contribution is 0.0600. The van der Waals surface area contributed by atoms with Crippen LogP contribution >= 0.6 is 11.6 Å². The van der Waals surface area contributed by atoms with Crippen LogP contribution in [0.2, 0.25) is 5.02 Å². The van der Waals surface area contributed by atoms with Crippen LogP contribution in [0.1, 0.15) is 23.7 Å². The summed E-state index contributed by atoms with van der Waals surface area (Å²) in [4.78, 5) is 11.3. The molecule has 1 aromatic carbocycles. The molecule has 0 aliphatic heterocycles. The zero-order valence-electron chi connectivity index (χ0n) is 12.0. The van der Waals surface area contributed by atoms with E-state index in [4.69, 9.17) is 11.6 Å². The van der Waals surface area contributed by atoms with Crippen molar-refractivity contribution in [2.45, 2.75) is 18.2 Å². The van der Waals surface area contributed by atoms with Crippen molar-refractivity contribution < 1.29 is 17.9 Å². The number of hydrogen-bond acceptors (Lipinski definition) is 5. The molecule has 8 heteroatoms. The van der Waals surface area contributed by atoms with Crippen LogP contribution in [0.3, 0.4) is 0 Å². The predicted octanol–water partition coefficient (Wildman–Crippen LogP) is 1.40. The van der Waals surface area contributed by atoms with Crippen molar-refractivity contribution in [3.63, 3.8) is 0 Å². The van der Waals surface area contributed by atoms with Gasteiger partial charge in [-0.05, 0) is 31.2 Å². The molecule has 118 valence electrons. The highest BCUT2D eigenvalue weighted by Gasteiger charge is 2.19. The summed E-state index contributed by atoms with van der Waals surface area (Å²) >= 11 is 5.90. The molecule has 0 spiro atoms. The van der Waals surface area contributed by atoms with E-state index in [2.05, 4.69) is 14.8 Å². The molecular formula is C13H19ClN2O4S. The molecule has 0 radical (unpaired) electrons. The Hall–Kier alpha value is -1.15. The first-order valence-corrected chi connectivity index (χ1v) is 8.36. The first kappa shape index (κ1) is 17.9. The van der Waals surface area contributed by atoms with Gasteiger partial charge in [0.25, 0.3) is 0 Å². The summed E-state index contributed by atoms with van der Waals surface area (Å²) in [7, 11) is -2.55. The minimum atomic E-state index is -3.77. The van der Waals surface area contributed by atoms with Crippen molar-refractivity contribution >= 4 is 27.6 Å². The number of nitrogens with one attached hydrogen (secondary N) is 2. The van der Waals surface area contributed by atoms with E-state index in [1.165, 1.54) is 25.3 Å². The number of methoxy groups -OCH3 is 1. The highest BCUT2D eigenvalue weighted by molar-refractivity contribution is 7.89. The zero-order valence-corrected chi connectivity index (χ0v) is 13.6. The monoisotopic (exact) mass is 334 g/mol. The zero-order chi connectivity index (χ0) is 15.9. The standard InChI is InChI=1S/C13H19ClN2O4S/c1-3-6-15-7-8-16-21(18,19)12-9-10(13(17)20-2)4-5-11(12)14/h4-5,9,15-16H,3,6-8H2,1-2H3. The number of esters is 1. The van der Waals surface area contributed by atoms with E-state index >= 15 is 0 Å². The van der Waals surface area contributed by atoms with Crippen LogP contribution in [-0.4, -0.2) is 41.1 Å². The van der Waals surface area contributed by atoms with Crippen molar-refractivity contribution in [1.82, 2.24) is 10.0 Å². The average Bonchev–Trinajstić information content (AvgIpc) is 2.46. The van der Waals surface area contributed by atoms with E-state index in [9.17, 15) is 13.2 Å². The van der Waals surface area contributed by atoms with Gasteiger partial charge >= 0.3 is 5.97 Å². The molecule has 0 bridgehead atoms. The summed E-state index contributed by atoms with van der Waals surface area (Å²) in [5.74, 6) is -0.618. The molecule has 1 aromatic rings. The summed E-state index contributed by atoms with van der Waals surface area (Å²) < 4.78 is 31.3. The van der Waals surface area contributed by atoms with Gasteiger partial charge in [0.2, 0.25) is 10.0 Å². The molecule has 0 aliphatic carbocycles. The van der Waals surface area contributed by atoms with E-state index in [1.54, 1.807) is 0 Å². The van der Waals surface area contributed by atoms with Crippen LogP contribution in [0.15, 0.2) is 23.1 Å². The molecule has 0 aromatic heterocycles. The second-order valence-corrected chi connectivity index (χ2v) is 6.43. The molecule has 0 saturated heterocycles. The number of halogens is 1. The normalized spacial score (nSPS) is 11.4. The Morgan fingerprint density at radius 3 is 2.62 bits per heavy atom. The quantitative estimate of drug-likeness (QED) is 0.554. The van der Waals surface area contributed by atoms with Crippen LogP contribution in [0.5, 0.6) is 0 Å². The Balaban J connectivity index is 2.84. The largest absolute Gasteiger partial charge is 0.465 e. The van der Waals surface area contributed by atoms with Gasteiger partial charge in [-0.25, -0.2) is 17.9 Å². The second-order valence-electron chi connectivity index (χ2n) is 4.28. The first-order valence-electron chi connectivity index (χ1n) is 6.50. The number of hydrogen-bond donors (Lipinski definition) is 2. The van der Waals surface area contributed by atoms with Crippen LogP contribution < -0.4 is 10.0 Å². The average molecular weight is 335 g/mol. The molecule has 0 heterocycles. The van der Waals surface area contributed by atoms with Crippen molar-refractivity contribution in [1.29, 1.82) is 0 Å². The molecule has 1 rings (SSSR count). The Bertz CT molecular complexity index is 590. The fraction of sp³-hybridized carbons (Fsp3) is 0.462. The fourth-order valence-electron chi connectivity index (χ4n) is 1.61. The van der Waals surface area contributed by atoms with Gasteiger partial charge in [0.15, 0.2) is 0 Å². The number of ether oxygens (including phenoxy) is 1. The smallest absolute Gasteiger partial charge is 0.337 e. The molecule has 0 unspecified atom stereocenters. The summed E-state index contributed by atoms with van der Waals surface area (Å²) in [6.07, 6.45) is 0.972. The molecule has 0 fully saturated rings. The van der Waals surface area contributed by atoms with Gasteiger partial charge in [0.05, 0.1) is 17.7 Å². The van der Waals surface area contributed by atoms with E-state index in [1.807, 2.05) is 6.92 Å². The molecule has 6 nitrogen and oxygen atoms in total. The summed E-state index contributed by atoms with van der Waals surface area (Å²) in [5, 5.41) is 3.13. The number of sulfonamides is 1. The maximum atomic E-state index is 12.2. The summed E-state index contributed by atoms with van der Waals surface area (Å²) in [6, 6.07) is 3.98. The van der Waals surface area contributed by atoms with E-state index in [0.29, 0.717) is 6.54 Å². The van der Waals surface area contributed by atoms with Gasteiger partial charge in [0.1, 0.15) is 4.90 Å². The third-order valence-electron chi connectivity index (χ3n) is 2.66. The van der Waals surface area contributed by atoms with Crippen molar-refractivity contribution in [2.24, 2.45) is 0 Å². The lowest BCUT2D eigenvalue weighted by Gasteiger charge is -2.10. The third kappa shape index (κ3) is 5.28. The van der Waals surface area contributed by atoms with Crippen LogP contribution in [0, 0.1) is 0 Å². The van der Waals surface area contributed by atoms with Gasteiger partial charge in [-0.2, -0.15) is 0 Å². The maximum Gasteiger partial charge on any atom is 0.337 e. The SMILES string of the molecule is CCCNCCNS(=O)(=O)c1cc(C(=O)OC)ccc1Cl. The minimum absolute atomic E-state index is 0.0525. The van der Waals surface area contributed by atoms with Gasteiger partial charge in [0, 0.05) is 13.1 Å². The Morgan fingerprint density at radius 2 is 2.00 bits per heavy atom. The Kier molecular flexibility index (Phi) is 7.10. The number of carbonyl (C=O) groups excluding carboxylic acids is 1. The maximum absolute atomic E-state index is 12.2. The van der Waals surface area contributed by atoms with Crippen LogP contribution in [-0.2, 0) is 14.8 Å². The van der Waals surface area contributed by atoms with E-state index in [0.717, 1.165) is 13.0 Å². The third-order valence-corrected chi connectivity index (χ3v) is 4.61. The molecule has 0 atom stereocenters.